The van der Waals surface area contributed by atoms with Crippen LogP contribution in [-0.4, -0.2) is 36.0 Å². The average Bonchev–Trinajstić information content (AvgIpc) is 2.65. The molecule has 15 heavy (non-hydrogen) atoms. The predicted molar refractivity (Wildman–Crippen MR) is 64.1 cm³/mol. The van der Waals surface area contributed by atoms with Gasteiger partial charge in [0.05, 0.1) is 5.25 Å². The highest BCUT2D eigenvalue weighted by Crippen LogP contribution is 2.26. The second-order valence-corrected chi connectivity index (χ2v) is 5.70. The third-order valence-electron chi connectivity index (χ3n) is 3.14. The molecule has 0 saturated carbocycles. The van der Waals surface area contributed by atoms with Gasteiger partial charge in [-0.15, -0.1) is 11.8 Å². The minimum atomic E-state index is 0.237. The zero-order valence-corrected chi connectivity index (χ0v) is 9.94. The van der Waals surface area contributed by atoms with Gasteiger partial charge in [0.15, 0.2) is 0 Å². The minimum Gasteiger partial charge on any atom is -0.352 e. The molecule has 4 heteroatoms. The second-order valence-electron chi connectivity index (χ2n) is 4.39. The molecule has 0 radical (unpaired) electrons. The summed E-state index contributed by atoms with van der Waals surface area (Å²) in [5.74, 6) is 1.44. The summed E-state index contributed by atoms with van der Waals surface area (Å²) in [4.78, 5) is 11.9. The van der Waals surface area contributed by atoms with Gasteiger partial charge in [-0.2, -0.15) is 0 Å². The van der Waals surface area contributed by atoms with E-state index in [2.05, 4.69) is 10.6 Å². The molecule has 2 heterocycles. The molecule has 2 aliphatic rings. The zero-order chi connectivity index (χ0) is 10.5. The van der Waals surface area contributed by atoms with Gasteiger partial charge in [-0.3, -0.25) is 4.79 Å². The lowest BCUT2D eigenvalue weighted by molar-refractivity contribution is -0.121. The fraction of sp³-hybridized carbons (Fsp3) is 0.909. The fourth-order valence-electron chi connectivity index (χ4n) is 2.24. The first-order valence-electron chi connectivity index (χ1n) is 5.99. The maximum absolute atomic E-state index is 11.9. The molecule has 0 aromatic rings. The van der Waals surface area contributed by atoms with Crippen LogP contribution in [0.3, 0.4) is 0 Å². The van der Waals surface area contributed by atoms with Gasteiger partial charge in [-0.25, -0.2) is 0 Å². The number of carbonyl (C=O) groups excluding carboxylic acids is 1. The summed E-state index contributed by atoms with van der Waals surface area (Å²) < 4.78 is 0. The molecule has 2 N–H and O–H groups in total. The molecule has 3 nitrogen and oxygen atoms in total. The maximum Gasteiger partial charge on any atom is 0.233 e. The molecule has 2 saturated heterocycles. The van der Waals surface area contributed by atoms with Crippen LogP contribution in [0.4, 0.5) is 0 Å². The Hall–Kier alpha value is -0.220. The Kier molecular flexibility index (Phi) is 4.32. The lowest BCUT2D eigenvalue weighted by Gasteiger charge is -2.18. The van der Waals surface area contributed by atoms with Crippen molar-refractivity contribution >= 4 is 17.7 Å². The Balaban J connectivity index is 1.76. The fourth-order valence-corrected chi connectivity index (χ4v) is 3.41. The van der Waals surface area contributed by atoms with Crippen molar-refractivity contribution in [1.29, 1.82) is 0 Å². The molecule has 1 amide bonds. The van der Waals surface area contributed by atoms with Gasteiger partial charge in [-0.1, -0.05) is 0 Å². The van der Waals surface area contributed by atoms with E-state index in [1.165, 1.54) is 12.8 Å². The Morgan fingerprint density at radius 2 is 2.13 bits per heavy atom. The van der Waals surface area contributed by atoms with Crippen LogP contribution in [0.5, 0.6) is 0 Å². The lowest BCUT2D eigenvalue weighted by atomic mass is 10.1. The lowest BCUT2D eigenvalue weighted by Crippen LogP contribution is -2.39. The van der Waals surface area contributed by atoms with Crippen LogP contribution in [0.25, 0.3) is 0 Å². The summed E-state index contributed by atoms with van der Waals surface area (Å²) >= 11 is 1.82. The van der Waals surface area contributed by atoms with E-state index in [1.54, 1.807) is 0 Å². The number of amides is 1. The van der Waals surface area contributed by atoms with E-state index in [9.17, 15) is 4.79 Å². The van der Waals surface area contributed by atoms with Crippen molar-refractivity contribution in [3.63, 3.8) is 0 Å². The topological polar surface area (TPSA) is 41.1 Å². The largest absolute Gasteiger partial charge is 0.352 e. The van der Waals surface area contributed by atoms with Crippen LogP contribution in [0, 0.1) is 0 Å². The number of carbonyl (C=O) groups is 1. The van der Waals surface area contributed by atoms with Crippen molar-refractivity contribution in [3.05, 3.63) is 0 Å². The summed E-state index contributed by atoms with van der Waals surface area (Å²) in [6.07, 6.45) is 5.68. The quantitative estimate of drug-likeness (QED) is 0.745. The van der Waals surface area contributed by atoms with Crippen LogP contribution in [0.1, 0.15) is 32.1 Å². The van der Waals surface area contributed by atoms with E-state index in [0.29, 0.717) is 6.04 Å². The monoisotopic (exact) mass is 228 g/mol. The molecule has 2 unspecified atom stereocenters. The van der Waals surface area contributed by atoms with Crippen LogP contribution < -0.4 is 10.6 Å². The molecule has 86 valence electrons. The van der Waals surface area contributed by atoms with E-state index in [4.69, 9.17) is 0 Å². The highest BCUT2D eigenvalue weighted by Gasteiger charge is 2.25. The van der Waals surface area contributed by atoms with E-state index in [0.717, 1.165) is 38.1 Å². The molecule has 0 bridgehead atoms. The minimum absolute atomic E-state index is 0.237. The number of nitrogens with one attached hydrogen (secondary N) is 2. The zero-order valence-electron chi connectivity index (χ0n) is 9.13. The summed E-state index contributed by atoms with van der Waals surface area (Å²) in [7, 11) is 0. The Morgan fingerprint density at radius 1 is 1.20 bits per heavy atom. The predicted octanol–water partition coefficient (Wildman–Crippen LogP) is 1.14. The van der Waals surface area contributed by atoms with Gasteiger partial charge in [0.25, 0.3) is 0 Å². The number of hydrogen-bond donors (Lipinski definition) is 2. The van der Waals surface area contributed by atoms with Crippen molar-refractivity contribution in [1.82, 2.24) is 10.6 Å². The van der Waals surface area contributed by atoms with Crippen LogP contribution in [0.15, 0.2) is 0 Å². The normalized spacial score (nSPS) is 32.3. The highest BCUT2D eigenvalue weighted by molar-refractivity contribution is 8.00. The van der Waals surface area contributed by atoms with Crippen molar-refractivity contribution in [3.8, 4) is 0 Å². The second kappa shape index (κ2) is 5.75. The molecule has 0 spiro atoms. The molecule has 2 rings (SSSR count). The van der Waals surface area contributed by atoms with E-state index < -0.39 is 0 Å². The van der Waals surface area contributed by atoms with Crippen LogP contribution in [0.2, 0.25) is 0 Å². The first kappa shape index (κ1) is 11.3. The highest BCUT2D eigenvalue weighted by atomic mass is 32.2. The van der Waals surface area contributed by atoms with Crippen molar-refractivity contribution in [2.24, 2.45) is 0 Å². The van der Waals surface area contributed by atoms with Gasteiger partial charge in [-0.05, 0) is 50.9 Å². The van der Waals surface area contributed by atoms with Crippen molar-refractivity contribution in [2.75, 3.05) is 18.8 Å². The Bertz CT molecular complexity index is 209. The first-order chi connectivity index (χ1) is 7.36. The third-order valence-corrected chi connectivity index (χ3v) is 4.52. The maximum atomic E-state index is 11.9. The molecule has 2 atom stereocenters. The van der Waals surface area contributed by atoms with Crippen molar-refractivity contribution < 1.29 is 4.79 Å². The summed E-state index contributed by atoms with van der Waals surface area (Å²) in [5, 5.41) is 6.80. The molecule has 2 aliphatic heterocycles. The van der Waals surface area contributed by atoms with E-state index in [-0.39, 0.29) is 11.2 Å². The number of thioether (sulfide) groups is 1. The van der Waals surface area contributed by atoms with Crippen LogP contribution in [-0.2, 0) is 4.79 Å². The SMILES string of the molecule is O=C(NC1CCCNCC1)C1CCCS1. The molecule has 0 aromatic heterocycles. The van der Waals surface area contributed by atoms with Gasteiger partial charge in [0.1, 0.15) is 0 Å². The number of rotatable bonds is 2. The third kappa shape index (κ3) is 3.38. The van der Waals surface area contributed by atoms with Gasteiger partial charge in [0, 0.05) is 6.04 Å². The summed E-state index contributed by atoms with van der Waals surface area (Å²) in [6, 6.07) is 0.411. The molecule has 2 fully saturated rings. The first-order valence-corrected chi connectivity index (χ1v) is 7.04. The molecule has 0 aliphatic carbocycles. The Morgan fingerprint density at radius 3 is 2.93 bits per heavy atom. The summed E-state index contributed by atoms with van der Waals surface area (Å²) in [5.41, 5.74) is 0. The standard InChI is InChI=1S/C11H20N2OS/c14-11(10-4-2-8-15-10)13-9-3-1-6-12-7-5-9/h9-10,12H,1-8H2,(H,13,14). The van der Waals surface area contributed by atoms with Gasteiger partial charge < -0.3 is 10.6 Å². The van der Waals surface area contributed by atoms with Gasteiger partial charge in [0.2, 0.25) is 5.91 Å². The number of hydrogen-bond acceptors (Lipinski definition) is 3. The van der Waals surface area contributed by atoms with Crippen LogP contribution >= 0.6 is 11.8 Å². The van der Waals surface area contributed by atoms with Gasteiger partial charge >= 0.3 is 0 Å². The van der Waals surface area contributed by atoms with Crippen molar-refractivity contribution in [2.45, 2.75) is 43.4 Å². The molecular weight excluding hydrogens is 208 g/mol. The average molecular weight is 228 g/mol. The molecular formula is C11H20N2OS. The molecule has 0 aromatic carbocycles. The van der Waals surface area contributed by atoms with E-state index in [1.807, 2.05) is 11.8 Å². The smallest absolute Gasteiger partial charge is 0.233 e. The van der Waals surface area contributed by atoms with E-state index >= 15 is 0 Å². The summed E-state index contributed by atoms with van der Waals surface area (Å²) in [6.45, 7) is 2.15. The Labute approximate surface area is 95.8 Å².